The molecule has 1 aliphatic heterocycles. The molecule has 7 heteroatoms. The Kier molecular flexibility index (Phi) is 2.64. The molecule has 1 amide bonds. The van der Waals surface area contributed by atoms with E-state index in [2.05, 4.69) is 20.8 Å². The number of hydrogen-bond donors (Lipinski definition) is 1. The molecule has 2 heterocycles. The smallest absolute Gasteiger partial charge is 0.246 e. The molecule has 0 spiro atoms. The first kappa shape index (κ1) is 10.7. The molecule has 0 bridgehead atoms. The topological polar surface area (TPSA) is 81.9 Å². The first-order chi connectivity index (χ1) is 8.81. The van der Waals surface area contributed by atoms with Crippen molar-refractivity contribution in [2.45, 2.75) is 13.0 Å². The molecule has 0 radical (unpaired) electrons. The molecule has 1 N–H and O–H groups in total. The van der Waals surface area contributed by atoms with Crippen molar-refractivity contribution in [1.29, 1.82) is 0 Å². The highest BCUT2D eigenvalue weighted by Crippen LogP contribution is 2.27. The van der Waals surface area contributed by atoms with E-state index in [1.807, 2.05) is 18.2 Å². The van der Waals surface area contributed by atoms with Crippen LogP contribution in [-0.4, -0.2) is 32.7 Å². The summed E-state index contributed by atoms with van der Waals surface area (Å²) in [5.41, 5.74) is 1.88. The quantitative estimate of drug-likeness (QED) is 0.838. The number of tetrazole rings is 1. The zero-order valence-corrected chi connectivity index (χ0v) is 9.54. The Morgan fingerprint density at radius 2 is 2.44 bits per heavy atom. The molecule has 2 aromatic rings. The van der Waals surface area contributed by atoms with Gasteiger partial charge in [-0.1, -0.05) is 0 Å². The van der Waals surface area contributed by atoms with Gasteiger partial charge < -0.3 is 10.1 Å². The van der Waals surface area contributed by atoms with Gasteiger partial charge in [0, 0.05) is 12.1 Å². The fourth-order valence-electron chi connectivity index (χ4n) is 1.86. The lowest BCUT2D eigenvalue weighted by atomic mass is 10.1. The van der Waals surface area contributed by atoms with Crippen LogP contribution in [0.3, 0.4) is 0 Å². The molecule has 0 aliphatic carbocycles. The van der Waals surface area contributed by atoms with Gasteiger partial charge in [0.1, 0.15) is 18.6 Å². The van der Waals surface area contributed by atoms with Crippen LogP contribution in [0.25, 0.3) is 0 Å². The molecule has 0 saturated heterocycles. The number of benzene rings is 1. The minimum Gasteiger partial charge on any atom is -0.493 e. The van der Waals surface area contributed by atoms with Gasteiger partial charge in [-0.05, 0) is 34.2 Å². The second-order valence-electron chi connectivity index (χ2n) is 3.98. The second kappa shape index (κ2) is 4.44. The maximum atomic E-state index is 11.7. The van der Waals surface area contributed by atoms with Crippen LogP contribution in [0.2, 0.25) is 0 Å². The summed E-state index contributed by atoms with van der Waals surface area (Å²) >= 11 is 0. The average molecular weight is 245 g/mol. The number of amides is 1. The molecule has 18 heavy (non-hydrogen) atoms. The van der Waals surface area contributed by atoms with E-state index in [0.29, 0.717) is 6.61 Å². The molecule has 0 atom stereocenters. The fourth-order valence-corrected chi connectivity index (χ4v) is 1.86. The van der Waals surface area contributed by atoms with E-state index in [1.165, 1.54) is 11.0 Å². The van der Waals surface area contributed by atoms with E-state index < -0.39 is 0 Å². The van der Waals surface area contributed by atoms with E-state index in [4.69, 9.17) is 4.74 Å². The molecule has 1 aromatic carbocycles. The van der Waals surface area contributed by atoms with E-state index >= 15 is 0 Å². The zero-order chi connectivity index (χ0) is 12.4. The van der Waals surface area contributed by atoms with Crippen molar-refractivity contribution in [1.82, 2.24) is 20.2 Å². The molecule has 0 fully saturated rings. The molecule has 1 aromatic heterocycles. The summed E-state index contributed by atoms with van der Waals surface area (Å²) in [7, 11) is 0. The van der Waals surface area contributed by atoms with Crippen LogP contribution in [0, 0.1) is 0 Å². The van der Waals surface area contributed by atoms with E-state index in [-0.39, 0.29) is 12.5 Å². The number of nitrogens with one attached hydrogen (secondary N) is 1. The maximum Gasteiger partial charge on any atom is 0.246 e. The van der Waals surface area contributed by atoms with Crippen molar-refractivity contribution < 1.29 is 9.53 Å². The SMILES string of the molecule is O=C(Cn1cnnn1)Nc1ccc2c(c1)CCO2. The summed E-state index contributed by atoms with van der Waals surface area (Å²) in [4.78, 5) is 11.7. The minimum absolute atomic E-state index is 0.0978. The Labute approximate surface area is 103 Å². The third kappa shape index (κ3) is 2.15. The third-order valence-corrected chi connectivity index (χ3v) is 2.67. The van der Waals surface area contributed by atoms with Gasteiger partial charge in [0.25, 0.3) is 0 Å². The van der Waals surface area contributed by atoms with Crippen LogP contribution in [0.15, 0.2) is 24.5 Å². The first-order valence-corrected chi connectivity index (χ1v) is 5.57. The molecule has 3 rings (SSSR count). The number of aromatic nitrogens is 4. The van der Waals surface area contributed by atoms with Crippen LogP contribution in [0.5, 0.6) is 5.75 Å². The highest BCUT2D eigenvalue weighted by atomic mass is 16.5. The summed E-state index contributed by atoms with van der Waals surface area (Å²) in [5.74, 6) is 0.731. The summed E-state index contributed by atoms with van der Waals surface area (Å²) in [5, 5.41) is 13.4. The molecule has 0 unspecified atom stereocenters. The van der Waals surface area contributed by atoms with Crippen molar-refractivity contribution in [2.24, 2.45) is 0 Å². The van der Waals surface area contributed by atoms with Crippen LogP contribution in [0.4, 0.5) is 5.69 Å². The summed E-state index contributed by atoms with van der Waals surface area (Å²) in [6.07, 6.45) is 2.28. The zero-order valence-electron chi connectivity index (χ0n) is 9.54. The number of carbonyl (C=O) groups excluding carboxylic acids is 1. The predicted octanol–water partition coefficient (Wildman–Crippen LogP) is 0.247. The van der Waals surface area contributed by atoms with Gasteiger partial charge in [-0.2, -0.15) is 0 Å². The van der Waals surface area contributed by atoms with Crippen molar-refractivity contribution in [3.63, 3.8) is 0 Å². The molecular formula is C11H11N5O2. The van der Waals surface area contributed by atoms with Crippen molar-refractivity contribution in [3.05, 3.63) is 30.1 Å². The number of hydrogen-bond acceptors (Lipinski definition) is 5. The molecular weight excluding hydrogens is 234 g/mol. The highest BCUT2D eigenvalue weighted by Gasteiger charge is 2.13. The Hall–Kier alpha value is -2.44. The summed E-state index contributed by atoms with van der Waals surface area (Å²) < 4.78 is 6.77. The lowest BCUT2D eigenvalue weighted by Crippen LogP contribution is -2.19. The summed E-state index contributed by atoms with van der Waals surface area (Å²) in [6.45, 7) is 0.804. The maximum absolute atomic E-state index is 11.7. The van der Waals surface area contributed by atoms with E-state index in [9.17, 15) is 4.79 Å². The van der Waals surface area contributed by atoms with Crippen LogP contribution in [0.1, 0.15) is 5.56 Å². The third-order valence-electron chi connectivity index (χ3n) is 2.67. The standard InChI is InChI=1S/C11H11N5O2/c17-11(6-16-7-12-14-15-16)13-9-1-2-10-8(5-9)3-4-18-10/h1-2,5,7H,3-4,6H2,(H,13,17). The van der Waals surface area contributed by atoms with E-state index in [0.717, 1.165) is 23.4 Å². The molecule has 1 aliphatic rings. The monoisotopic (exact) mass is 245 g/mol. The second-order valence-corrected chi connectivity index (χ2v) is 3.98. The van der Waals surface area contributed by atoms with Gasteiger partial charge in [0.05, 0.1) is 6.61 Å². The van der Waals surface area contributed by atoms with Gasteiger partial charge in [0.15, 0.2) is 0 Å². The number of ether oxygens (including phenoxy) is 1. The fraction of sp³-hybridized carbons (Fsp3) is 0.273. The first-order valence-electron chi connectivity index (χ1n) is 5.57. The number of fused-ring (bicyclic) bond motifs is 1. The number of nitrogens with zero attached hydrogens (tertiary/aromatic N) is 4. The van der Waals surface area contributed by atoms with Gasteiger partial charge in [-0.25, -0.2) is 4.68 Å². The number of rotatable bonds is 3. The van der Waals surface area contributed by atoms with Gasteiger partial charge in [0.2, 0.25) is 5.91 Å². The van der Waals surface area contributed by atoms with Gasteiger partial charge in [-0.3, -0.25) is 4.79 Å². The summed E-state index contributed by atoms with van der Waals surface area (Å²) in [6, 6.07) is 5.62. The van der Waals surface area contributed by atoms with E-state index in [1.54, 1.807) is 0 Å². The Balaban J connectivity index is 1.67. The molecule has 92 valence electrons. The minimum atomic E-state index is -0.166. The largest absolute Gasteiger partial charge is 0.493 e. The molecule has 0 saturated carbocycles. The normalized spacial score (nSPS) is 12.9. The van der Waals surface area contributed by atoms with Crippen LogP contribution >= 0.6 is 0 Å². The van der Waals surface area contributed by atoms with Gasteiger partial charge >= 0.3 is 0 Å². The Morgan fingerprint density at radius 1 is 1.50 bits per heavy atom. The van der Waals surface area contributed by atoms with Crippen molar-refractivity contribution in [3.8, 4) is 5.75 Å². The van der Waals surface area contributed by atoms with Crippen molar-refractivity contribution >= 4 is 11.6 Å². The number of carbonyl (C=O) groups is 1. The average Bonchev–Trinajstić information content (AvgIpc) is 2.98. The Morgan fingerprint density at radius 3 is 3.28 bits per heavy atom. The van der Waals surface area contributed by atoms with Crippen LogP contribution in [-0.2, 0) is 17.8 Å². The number of anilines is 1. The lowest BCUT2D eigenvalue weighted by molar-refractivity contribution is -0.116. The Bertz CT molecular complexity index is 567. The highest BCUT2D eigenvalue weighted by molar-refractivity contribution is 5.90. The molecule has 7 nitrogen and oxygen atoms in total. The van der Waals surface area contributed by atoms with Gasteiger partial charge in [-0.15, -0.1) is 5.10 Å². The lowest BCUT2D eigenvalue weighted by Gasteiger charge is -2.06. The predicted molar refractivity (Wildman–Crippen MR) is 62.1 cm³/mol. The van der Waals surface area contributed by atoms with Crippen molar-refractivity contribution in [2.75, 3.05) is 11.9 Å². The van der Waals surface area contributed by atoms with Crippen LogP contribution < -0.4 is 10.1 Å².